The van der Waals surface area contributed by atoms with Gasteiger partial charge in [0.05, 0.1) is 29.6 Å². The maximum Gasteiger partial charge on any atom is 0.229 e. The Balaban J connectivity index is 1.82. The van der Waals surface area contributed by atoms with Crippen molar-refractivity contribution in [2.45, 2.75) is 24.7 Å². The summed E-state index contributed by atoms with van der Waals surface area (Å²) < 4.78 is 1.66. The first-order valence-electron chi connectivity index (χ1n) is 7.28. The van der Waals surface area contributed by atoms with E-state index in [1.54, 1.807) is 4.57 Å². The fraction of sp³-hybridized carbons (Fsp3) is 0.500. The van der Waals surface area contributed by atoms with Crippen LogP contribution in [0.2, 0.25) is 5.15 Å². The number of aliphatic hydroxyl groups is 2. The Morgan fingerprint density at radius 2 is 2.30 bits per heavy atom. The van der Waals surface area contributed by atoms with Crippen molar-refractivity contribution in [1.29, 1.82) is 0 Å². The van der Waals surface area contributed by atoms with E-state index in [0.717, 1.165) is 0 Å². The summed E-state index contributed by atoms with van der Waals surface area (Å²) in [7, 11) is 1.52. The molecular weight excluding hydrogens is 322 g/mol. The number of carbonyl (C=O) groups is 1. The highest BCUT2D eigenvalue weighted by molar-refractivity contribution is 6.30. The van der Waals surface area contributed by atoms with Crippen molar-refractivity contribution >= 4 is 34.4 Å². The van der Waals surface area contributed by atoms with Gasteiger partial charge in [-0.3, -0.25) is 4.79 Å². The molecule has 5 N–H and O–H groups in total. The second-order valence-electron chi connectivity index (χ2n) is 6.21. The van der Waals surface area contributed by atoms with Crippen LogP contribution in [0.4, 0.5) is 5.69 Å². The number of nitrogens with zero attached hydrogens (tertiary/aromatic N) is 3. The molecular formula is C14H16ClN5O3. The normalized spacial score (nSPS) is 35.3. The summed E-state index contributed by atoms with van der Waals surface area (Å²) >= 11 is 5.96. The van der Waals surface area contributed by atoms with Gasteiger partial charge in [0, 0.05) is 19.0 Å². The molecule has 0 aliphatic heterocycles. The Bertz CT molecular complexity index is 824. The summed E-state index contributed by atoms with van der Waals surface area (Å²) in [5.74, 6) is -0.446. The van der Waals surface area contributed by atoms with Gasteiger partial charge in [0.2, 0.25) is 5.91 Å². The molecule has 0 spiro atoms. The summed E-state index contributed by atoms with van der Waals surface area (Å²) in [6, 6.07) is 1.00. The van der Waals surface area contributed by atoms with E-state index in [4.69, 9.17) is 17.3 Å². The number of imidazole rings is 1. The van der Waals surface area contributed by atoms with Crippen LogP contribution >= 0.6 is 11.6 Å². The molecule has 23 heavy (non-hydrogen) atoms. The van der Waals surface area contributed by atoms with Crippen LogP contribution in [-0.4, -0.2) is 49.9 Å². The predicted molar refractivity (Wildman–Crippen MR) is 82.6 cm³/mol. The number of hydrogen-bond donors (Lipinski definition) is 4. The van der Waals surface area contributed by atoms with Gasteiger partial charge in [0.15, 0.2) is 5.65 Å². The number of rotatable bonds is 2. The molecule has 0 bridgehead atoms. The maximum atomic E-state index is 12.2. The number of nitrogens with one attached hydrogen (secondary N) is 1. The van der Waals surface area contributed by atoms with Crippen LogP contribution in [0.5, 0.6) is 0 Å². The monoisotopic (exact) mass is 337 g/mol. The van der Waals surface area contributed by atoms with Crippen molar-refractivity contribution in [3.63, 3.8) is 0 Å². The molecule has 0 radical (unpaired) electrons. The summed E-state index contributed by atoms with van der Waals surface area (Å²) in [5, 5.41) is 23.7. The Hall–Kier alpha value is -1.90. The van der Waals surface area contributed by atoms with Gasteiger partial charge in [-0.15, -0.1) is 0 Å². The van der Waals surface area contributed by atoms with Gasteiger partial charge in [0.25, 0.3) is 0 Å². The number of aromatic nitrogens is 3. The topological polar surface area (TPSA) is 126 Å². The highest BCUT2D eigenvalue weighted by Crippen LogP contribution is 2.67. The van der Waals surface area contributed by atoms with E-state index in [2.05, 4.69) is 15.3 Å². The SMILES string of the molecule is CNC(=O)[C@@]12C[C@@H]1[C@@H](n1cnc3c(N)cc(Cl)nc31)[C@H](O)[C@@H]2O. The van der Waals surface area contributed by atoms with E-state index in [9.17, 15) is 15.0 Å². The number of nitrogens with two attached hydrogens (primary N) is 1. The molecule has 8 nitrogen and oxygen atoms in total. The maximum absolute atomic E-state index is 12.2. The summed E-state index contributed by atoms with van der Waals surface area (Å²) in [6.07, 6.45) is -0.203. The van der Waals surface area contributed by atoms with Gasteiger partial charge in [0.1, 0.15) is 16.8 Å². The standard InChI is InChI=1S/C14H16ClN5O3/c1-17-13(23)14-3-5(14)9(10(21)11(14)22)20-4-18-8-6(16)2-7(15)19-12(8)20/h2,4-5,9-11,21-22H,3H2,1H3,(H2,16,19)(H,17,23)/t5-,9-,10+,11+,14+/m1/s1. The third-order valence-electron chi connectivity index (χ3n) is 5.17. The summed E-state index contributed by atoms with van der Waals surface area (Å²) in [4.78, 5) is 20.6. The van der Waals surface area contributed by atoms with E-state index < -0.39 is 23.7 Å². The minimum Gasteiger partial charge on any atom is -0.397 e. The van der Waals surface area contributed by atoms with Crippen LogP contribution in [0, 0.1) is 11.3 Å². The Labute approximate surface area is 136 Å². The first-order chi connectivity index (χ1) is 10.9. The van der Waals surface area contributed by atoms with Crippen LogP contribution in [0.25, 0.3) is 11.2 Å². The second-order valence-corrected chi connectivity index (χ2v) is 6.60. The number of nitrogen functional groups attached to an aromatic ring is 1. The third kappa shape index (κ3) is 1.71. The predicted octanol–water partition coefficient (Wildman–Crippen LogP) is -0.304. The highest BCUT2D eigenvalue weighted by atomic mass is 35.5. The first-order valence-corrected chi connectivity index (χ1v) is 7.66. The third-order valence-corrected chi connectivity index (χ3v) is 5.37. The van der Waals surface area contributed by atoms with Gasteiger partial charge >= 0.3 is 0 Å². The van der Waals surface area contributed by atoms with Crippen LogP contribution in [0.1, 0.15) is 12.5 Å². The lowest BCUT2D eigenvalue weighted by molar-refractivity contribution is -0.132. The number of pyridine rings is 1. The molecule has 0 aromatic carbocycles. The van der Waals surface area contributed by atoms with E-state index in [1.165, 1.54) is 19.4 Å². The van der Waals surface area contributed by atoms with Crippen LogP contribution in [0.15, 0.2) is 12.4 Å². The largest absolute Gasteiger partial charge is 0.397 e. The number of amides is 1. The second kappa shape index (κ2) is 4.56. The molecule has 5 atom stereocenters. The Morgan fingerprint density at radius 1 is 1.57 bits per heavy atom. The van der Waals surface area contributed by atoms with Crippen LogP contribution < -0.4 is 11.1 Å². The van der Waals surface area contributed by atoms with Crippen LogP contribution in [0.3, 0.4) is 0 Å². The van der Waals surface area contributed by atoms with Crippen molar-refractivity contribution in [2.75, 3.05) is 12.8 Å². The van der Waals surface area contributed by atoms with Gasteiger partial charge < -0.3 is 25.8 Å². The number of fused-ring (bicyclic) bond motifs is 2. The molecule has 2 aromatic heterocycles. The molecule has 2 aromatic rings. The smallest absolute Gasteiger partial charge is 0.229 e. The molecule has 2 aliphatic rings. The molecule has 2 fully saturated rings. The van der Waals surface area contributed by atoms with Crippen molar-refractivity contribution < 1.29 is 15.0 Å². The van der Waals surface area contributed by atoms with E-state index in [0.29, 0.717) is 23.3 Å². The number of carbonyl (C=O) groups excluding carboxylic acids is 1. The number of aliphatic hydroxyl groups excluding tert-OH is 2. The minimum atomic E-state index is -1.13. The molecule has 2 saturated carbocycles. The average molecular weight is 338 g/mol. The zero-order chi connectivity index (χ0) is 16.5. The highest BCUT2D eigenvalue weighted by Gasteiger charge is 2.75. The van der Waals surface area contributed by atoms with Crippen molar-refractivity contribution in [3.05, 3.63) is 17.5 Å². The molecule has 2 aliphatic carbocycles. The average Bonchev–Trinajstić information content (AvgIpc) is 3.05. The minimum absolute atomic E-state index is 0.188. The molecule has 0 saturated heterocycles. The van der Waals surface area contributed by atoms with Crippen molar-refractivity contribution in [1.82, 2.24) is 19.9 Å². The molecule has 4 rings (SSSR count). The van der Waals surface area contributed by atoms with Crippen molar-refractivity contribution in [3.8, 4) is 0 Å². The fourth-order valence-corrected chi connectivity index (χ4v) is 4.20. The van der Waals surface area contributed by atoms with Crippen LogP contribution in [-0.2, 0) is 4.79 Å². The zero-order valence-electron chi connectivity index (χ0n) is 12.3. The lowest BCUT2D eigenvalue weighted by atomic mass is 9.98. The van der Waals surface area contributed by atoms with E-state index >= 15 is 0 Å². The molecule has 2 heterocycles. The molecule has 9 heteroatoms. The lowest BCUT2D eigenvalue weighted by Crippen LogP contribution is -2.41. The van der Waals surface area contributed by atoms with Gasteiger partial charge in [-0.2, -0.15) is 0 Å². The van der Waals surface area contributed by atoms with E-state index in [1.807, 2.05) is 0 Å². The fourth-order valence-electron chi connectivity index (χ4n) is 4.00. The molecule has 122 valence electrons. The quantitative estimate of drug-likeness (QED) is 0.557. The molecule has 0 unspecified atom stereocenters. The summed E-state index contributed by atoms with van der Waals surface area (Å²) in [5.41, 5.74) is 6.26. The number of anilines is 1. The van der Waals surface area contributed by atoms with Crippen molar-refractivity contribution in [2.24, 2.45) is 11.3 Å². The number of hydrogen-bond acceptors (Lipinski definition) is 6. The zero-order valence-corrected chi connectivity index (χ0v) is 13.0. The Kier molecular flexibility index (Phi) is 2.91. The van der Waals surface area contributed by atoms with E-state index in [-0.39, 0.29) is 17.0 Å². The van der Waals surface area contributed by atoms with Gasteiger partial charge in [-0.1, -0.05) is 11.6 Å². The first kappa shape index (κ1) is 14.7. The number of halogens is 1. The summed E-state index contributed by atoms with van der Waals surface area (Å²) in [6.45, 7) is 0. The molecule has 1 amide bonds. The lowest BCUT2D eigenvalue weighted by Gasteiger charge is -2.23. The Morgan fingerprint density at radius 3 is 3.00 bits per heavy atom. The van der Waals surface area contributed by atoms with Gasteiger partial charge in [-0.05, 0) is 6.42 Å². The van der Waals surface area contributed by atoms with Gasteiger partial charge in [-0.25, -0.2) is 9.97 Å².